The van der Waals surface area contributed by atoms with Crippen molar-refractivity contribution in [2.75, 3.05) is 25.9 Å². The molecule has 36 heavy (non-hydrogen) atoms. The van der Waals surface area contributed by atoms with Gasteiger partial charge in [-0.3, -0.25) is 4.79 Å². The Morgan fingerprint density at radius 2 is 1.89 bits per heavy atom. The summed E-state index contributed by atoms with van der Waals surface area (Å²) in [6.45, 7) is 5.04. The zero-order chi connectivity index (χ0) is 26.1. The lowest BCUT2D eigenvalue weighted by Gasteiger charge is -2.28. The fourth-order valence-corrected chi connectivity index (χ4v) is 4.00. The number of hydrogen-bond acceptors (Lipinski definition) is 7. The van der Waals surface area contributed by atoms with E-state index in [0.717, 1.165) is 23.1 Å². The molecule has 1 aromatic heterocycles. The molecule has 0 bridgehead atoms. The van der Waals surface area contributed by atoms with Crippen LogP contribution in [0.3, 0.4) is 0 Å². The molecule has 0 radical (unpaired) electrons. The average Bonchev–Trinajstić information content (AvgIpc) is 2.84. The third kappa shape index (κ3) is 8.25. The number of pyridine rings is 1. The smallest absolute Gasteiger partial charge is 0.224 e. The van der Waals surface area contributed by atoms with Gasteiger partial charge in [0, 0.05) is 30.4 Å². The number of aromatic hydroxyl groups is 1. The van der Waals surface area contributed by atoms with Crippen molar-refractivity contribution >= 4 is 11.7 Å². The molecular weight excluding hydrogens is 456 g/mol. The number of phenolic OH excluding ortho intramolecular Hbond substituents is 1. The molecule has 8 nitrogen and oxygen atoms in total. The van der Waals surface area contributed by atoms with Gasteiger partial charge in [-0.25, -0.2) is 4.98 Å². The first-order valence-electron chi connectivity index (χ1n) is 12.0. The minimum Gasteiger partial charge on any atom is -0.504 e. The minimum atomic E-state index is -0.685. The van der Waals surface area contributed by atoms with Gasteiger partial charge in [0.25, 0.3) is 0 Å². The van der Waals surface area contributed by atoms with E-state index >= 15 is 0 Å². The molecule has 0 aliphatic carbocycles. The lowest BCUT2D eigenvalue weighted by Crippen LogP contribution is -2.43. The lowest BCUT2D eigenvalue weighted by molar-refractivity contribution is -0.120. The van der Waals surface area contributed by atoms with Crippen LogP contribution in [-0.4, -0.2) is 46.8 Å². The molecule has 2 aromatic carbocycles. The standard InChI is InChI=1S/C28H36N4O4/c1-28(2,32-18-24(34)22-8-10-26(29)31-17-22)16-21-6-4-5-20(13-21)15-27(35)30-12-11-19-7-9-23(33)25(14-19)36-3/h4-10,13-14,17,24,32-34H,11-12,15-16,18H2,1-3H3,(H2,29,31)(H,30,35)/t24-/m1/s1. The number of nitrogens with zero attached hydrogens (tertiary/aromatic N) is 1. The van der Waals surface area contributed by atoms with Crippen molar-refractivity contribution in [3.8, 4) is 11.5 Å². The van der Waals surface area contributed by atoms with E-state index in [-0.39, 0.29) is 17.2 Å². The number of carbonyl (C=O) groups excluding carboxylic acids is 1. The van der Waals surface area contributed by atoms with Gasteiger partial charge in [0.15, 0.2) is 11.5 Å². The number of aliphatic hydroxyl groups is 1. The van der Waals surface area contributed by atoms with E-state index in [2.05, 4.69) is 29.5 Å². The van der Waals surface area contributed by atoms with Crippen molar-refractivity contribution in [3.63, 3.8) is 0 Å². The van der Waals surface area contributed by atoms with Crippen LogP contribution in [0, 0.1) is 0 Å². The highest BCUT2D eigenvalue weighted by Gasteiger charge is 2.20. The van der Waals surface area contributed by atoms with Crippen LogP contribution in [0.1, 0.15) is 42.2 Å². The number of nitrogen functional groups attached to an aromatic ring is 1. The molecule has 3 rings (SSSR count). The predicted molar refractivity (Wildman–Crippen MR) is 141 cm³/mol. The van der Waals surface area contributed by atoms with Crippen LogP contribution in [0.4, 0.5) is 5.82 Å². The first kappa shape index (κ1) is 27.0. The number of hydrogen-bond donors (Lipinski definition) is 5. The molecular formula is C28H36N4O4. The summed E-state index contributed by atoms with van der Waals surface area (Å²) in [4.78, 5) is 16.5. The molecule has 0 fully saturated rings. The number of carbonyl (C=O) groups is 1. The second-order valence-corrected chi connectivity index (χ2v) is 9.58. The Morgan fingerprint density at radius 1 is 1.11 bits per heavy atom. The van der Waals surface area contributed by atoms with Gasteiger partial charge >= 0.3 is 0 Å². The number of aliphatic hydroxyl groups excluding tert-OH is 1. The second-order valence-electron chi connectivity index (χ2n) is 9.58. The number of aromatic nitrogens is 1. The summed E-state index contributed by atoms with van der Waals surface area (Å²) in [6.07, 6.45) is 2.57. The SMILES string of the molecule is COc1cc(CCNC(=O)Cc2cccc(CC(C)(C)NC[C@@H](O)c3ccc(N)nc3)c2)ccc1O. The molecule has 192 valence electrons. The maximum Gasteiger partial charge on any atom is 0.224 e. The van der Waals surface area contributed by atoms with Crippen LogP contribution >= 0.6 is 0 Å². The summed E-state index contributed by atoms with van der Waals surface area (Å²) in [6, 6.07) is 16.6. The molecule has 8 heteroatoms. The highest BCUT2D eigenvalue weighted by molar-refractivity contribution is 5.78. The quantitative estimate of drug-likeness (QED) is 0.263. The number of benzene rings is 2. The van der Waals surface area contributed by atoms with Crippen molar-refractivity contribution in [3.05, 3.63) is 83.0 Å². The van der Waals surface area contributed by atoms with Gasteiger partial charge in [-0.2, -0.15) is 0 Å². The summed E-state index contributed by atoms with van der Waals surface area (Å²) in [5.41, 5.74) is 9.08. The van der Waals surface area contributed by atoms with Crippen LogP contribution in [0.15, 0.2) is 60.8 Å². The summed E-state index contributed by atoms with van der Waals surface area (Å²) in [7, 11) is 1.51. The van der Waals surface area contributed by atoms with Crippen molar-refractivity contribution in [2.45, 2.75) is 44.8 Å². The van der Waals surface area contributed by atoms with E-state index < -0.39 is 6.10 Å². The van der Waals surface area contributed by atoms with Gasteiger partial charge in [-0.1, -0.05) is 36.4 Å². The Hall–Kier alpha value is -3.62. The van der Waals surface area contributed by atoms with E-state index in [1.54, 1.807) is 30.5 Å². The first-order valence-corrected chi connectivity index (χ1v) is 12.0. The zero-order valence-electron chi connectivity index (χ0n) is 21.1. The third-order valence-electron chi connectivity index (χ3n) is 5.95. The minimum absolute atomic E-state index is 0.0458. The number of nitrogens with two attached hydrogens (primary N) is 1. The van der Waals surface area contributed by atoms with Crippen LogP contribution in [-0.2, 0) is 24.1 Å². The van der Waals surface area contributed by atoms with Gasteiger partial charge in [0.2, 0.25) is 5.91 Å². The predicted octanol–water partition coefficient (Wildman–Crippen LogP) is 2.92. The van der Waals surface area contributed by atoms with E-state index in [9.17, 15) is 15.0 Å². The number of ether oxygens (including phenoxy) is 1. The van der Waals surface area contributed by atoms with Gasteiger partial charge in [0.05, 0.1) is 19.6 Å². The average molecular weight is 493 g/mol. The lowest BCUT2D eigenvalue weighted by atomic mass is 9.93. The molecule has 3 aromatic rings. The summed E-state index contributed by atoms with van der Waals surface area (Å²) in [5.74, 6) is 0.893. The Kier molecular flexibility index (Phi) is 9.27. The number of nitrogens with one attached hydrogen (secondary N) is 2. The van der Waals surface area contributed by atoms with Crippen LogP contribution in [0.25, 0.3) is 0 Å². The third-order valence-corrected chi connectivity index (χ3v) is 5.95. The van der Waals surface area contributed by atoms with Crippen molar-refractivity contribution < 1.29 is 19.7 Å². The first-order chi connectivity index (χ1) is 17.1. The number of anilines is 1. The Morgan fingerprint density at radius 3 is 2.61 bits per heavy atom. The van der Waals surface area contributed by atoms with Gasteiger partial charge in [0.1, 0.15) is 5.82 Å². The molecule has 6 N–H and O–H groups in total. The monoisotopic (exact) mass is 492 g/mol. The van der Waals surface area contributed by atoms with E-state index in [0.29, 0.717) is 43.1 Å². The fourth-order valence-electron chi connectivity index (χ4n) is 4.00. The largest absolute Gasteiger partial charge is 0.504 e. The van der Waals surface area contributed by atoms with E-state index in [1.165, 1.54) is 7.11 Å². The zero-order valence-corrected chi connectivity index (χ0v) is 21.1. The highest BCUT2D eigenvalue weighted by atomic mass is 16.5. The summed E-state index contributed by atoms with van der Waals surface area (Å²) >= 11 is 0. The molecule has 1 amide bonds. The second kappa shape index (κ2) is 12.4. The number of rotatable bonds is 12. The van der Waals surface area contributed by atoms with E-state index in [4.69, 9.17) is 10.5 Å². The molecule has 0 aliphatic rings. The molecule has 1 heterocycles. The number of methoxy groups -OCH3 is 1. The summed E-state index contributed by atoms with van der Waals surface area (Å²) < 4.78 is 5.13. The normalized spacial score (nSPS) is 12.2. The Balaban J connectivity index is 1.47. The van der Waals surface area contributed by atoms with Crippen LogP contribution < -0.4 is 21.1 Å². The molecule has 0 saturated carbocycles. The van der Waals surface area contributed by atoms with Crippen molar-refractivity contribution in [1.82, 2.24) is 15.6 Å². The summed E-state index contributed by atoms with van der Waals surface area (Å²) in [5, 5.41) is 26.5. The topological polar surface area (TPSA) is 130 Å². The molecule has 1 atom stereocenters. The fraction of sp³-hybridized carbons (Fsp3) is 0.357. The molecule has 0 spiro atoms. The molecule has 0 aliphatic heterocycles. The molecule has 0 saturated heterocycles. The van der Waals surface area contributed by atoms with Crippen LogP contribution in [0.5, 0.6) is 11.5 Å². The van der Waals surface area contributed by atoms with Gasteiger partial charge in [-0.05, 0) is 61.6 Å². The maximum absolute atomic E-state index is 12.5. The number of phenols is 1. The van der Waals surface area contributed by atoms with Gasteiger partial charge < -0.3 is 31.3 Å². The Labute approximate surface area is 212 Å². The van der Waals surface area contributed by atoms with Crippen molar-refractivity contribution in [2.24, 2.45) is 0 Å². The molecule has 0 unspecified atom stereocenters. The van der Waals surface area contributed by atoms with Crippen molar-refractivity contribution in [1.29, 1.82) is 0 Å². The van der Waals surface area contributed by atoms with Gasteiger partial charge in [-0.15, -0.1) is 0 Å². The number of β-amino-alcohol motifs (C(OH)–C–C–N with tert-alkyl or cyclic N) is 1. The Bertz CT molecular complexity index is 1150. The van der Waals surface area contributed by atoms with Crippen LogP contribution in [0.2, 0.25) is 0 Å². The maximum atomic E-state index is 12.5. The highest BCUT2D eigenvalue weighted by Crippen LogP contribution is 2.26. The number of amides is 1. The van der Waals surface area contributed by atoms with E-state index in [1.807, 2.05) is 30.3 Å².